The van der Waals surface area contributed by atoms with E-state index in [1.807, 2.05) is 31.2 Å². The molecule has 1 N–H and O–H groups in total. The van der Waals surface area contributed by atoms with E-state index in [0.717, 1.165) is 67.6 Å². The molecule has 42 heavy (non-hydrogen) atoms. The van der Waals surface area contributed by atoms with Crippen LogP contribution in [0, 0.1) is 23.7 Å². The summed E-state index contributed by atoms with van der Waals surface area (Å²) in [6.45, 7) is 8.90. The maximum atomic E-state index is 13.7. The molecule has 2 heterocycles. The second-order valence-electron chi connectivity index (χ2n) is 13.7. The van der Waals surface area contributed by atoms with Crippen LogP contribution in [0.15, 0.2) is 36.4 Å². The third-order valence-corrected chi connectivity index (χ3v) is 13.7. The number of aryl methyl sites for hydroxylation is 1. The number of nitrogens with one attached hydrogen (secondary N) is 1. The number of halogens is 1. The Hall–Kier alpha value is -2.18. The first-order chi connectivity index (χ1) is 20.1. The third-order valence-electron chi connectivity index (χ3n) is 11.3. The Balaban J connectivity index is 1.42. The smallest absolute Gasteiger partial charge is 0.262 e. The standard InChI is InChI=1S/C35H47ClN2O3S/c1-5-25-9-6-8-23(2)24(3)42(4,40)37-34(39)27-12-16-33-32(19-27)38(20-28-11-14-30(25)28)21-35(22-41-33)17-7-10-26-18-29(36)13-15-31(26)35/h12-13,15-16,18-19,23-25,28,30H,4-11,14,17,20-22H2,1-3H3,(H,37,39,40)/t23-,24+,25-,28-,30-,35-,42?/m0/s1. The molecule has 4 aliphatic rings. The van der Waals surface area contributed by atoms with Crippen LogP contribution in [0.25, 0.3) is 0 Å². The summed E-state index contributed by atoms with van der Waals surface area (Å²) in [5, 5.41) is 0.587. The Labute approximate surface area is 257 Å². The van der Waals surface area contributed by atoms with E-state index >= 15 is 0 Å². The third kappa shape index (κ3) is 5.58. The zero-order chi connectivity index (χ0) is 29.6. The number of fused-ring (bicyclic) bond motifs is 4. The predicted octanol–water partition coefficient (Wildman–Crippen LogP) is 7.44. The number of hydrogen-bond donors (Lipinski definition) is 1. The second kappa shape index (κ2) is 11.7. The van der Waals surface area contributed by atoms with Gasteiger partial charge in [0.1, 0.15) is 5.75 Å². The summed E-state index contributed by atoms with van der Waals surface area (Å²) in [7, 11) is -2.82. The molecular formula is C35H47ClN2O3S. The number of carbonyl (C=O) groups excluding carboxylic acids is 1. The molecule has 2 aromatic carbocycles. The number of hydrogen-bond acceptors (Lipinski definition) is 4. The molecule has 2 aromatic rings. The first-order valence-corrected chi connectivity index (χ1v) is 18.3. The van der Waals surface area contributed by atoms with E-state index in [-0.39, 0.29) is 22.5 Å². The number of benzene rings is 2. The number of anilines is 1. The largest absolute Gasteiger partial charge is 0.490 e. The Bertz CT molecular complexity index is 1440. The Kier molecular flexibility index (Phi) is 8.34. The molecule has 1 fully saturated rings. The van der Waals surface area contributed by atoms with Crippen LogP contribution in [-0.4, -0.2) is 40.9 Å². The van der Waals surface area contributed by atoms with Gasteiger partial charge in [-0.25, -0.2) is 4.21 Å². The molecular weight excluding hydrogens is 564 g/mol. The molecule has 2 aliphatic carbocycles. The number of nitrogens with zero attached hydrogens (tertiary/aromatic N) is 1. The lowest BCUT2D eigenvalue weighted by atomic mass is 9.64. The van der Waals surface area contributed by atoms with E-state index in [2.05, 4.69) is 41.5 Å². The van der Waals surface area contributed by atoms with E-state index in [9.17, 15) is 9.00 Å². The van der Waals surface area contributed by atoms with Crippen molar-refractivity contribution in [1.82, 2.24) is 4.72 Å². The summed E-state index contributed by atoms with van der Waals surface area (Å²) in [6, 6.07) is 12.1. The molecule has 228 valence electrons. The number of ether oxygens (including phenoxy) is 1. The van der Waals surface area contributed by atoms with Gasteiger partial charge in [-0.05, 0) is 116 Å². The van der Waals surface area contributed by atoms with E-state index in [4.69, 9.17) is 16.3 Å². The average molecular weight is 611 g/mol. The van der Waals surface area contributed by atoms with Crippen molar-refractivity contribution in [2.45, 2.75) is 89.2 Å². The van der Waals surface area contributed by atoms with Gasteiger partial charge in [-0.2, -0.15) is 0 Å². The molecule has 5 nitrogen and oxygen atoms in total. The van der Waals surface area contributed by atoms with Crippen molar-refractivity contribution in [1.29, 1.82) is 0 Å². The zero-order valence-electron chi connectivity index (χ0n) is 25.5. The Morgan fingerprint density at radius 3 is 2.71 bits per heavy atom. The molecule has 1 unspecified atom stereocenters. The first kappa shape index (κ1) is 29.9. The SMILES string of the molecule is C=S1(=O)NC(=O)c2ccc3c(c2)N(C[C@@H]2CC[C@H]2[C@@H](CC)CCC[C@H](C)[C@H]1C)C[C@@]1(CCCc2cc(Cl)ccc21)CO3. The lowest BCUT2D eigenvalue weighted by Crippen LogP contribution is -2.49. The van der Waals surface area contributed by atoms with E-state index in [1.54, 1.807) is 0 Å². The molecule has 2 aliphatic heterocycles. The van der Waals surface area contributed by atoms with Crippen molar-refractivity contribution in [3.63, 3.8) is 0 Å². The second-order valence-corrected chi connectivity index (χ2v) is 16.6. The highest BCUT2D eigenvalue weighted by atomic mass is 35.5. The van der Waals surface area contributed by atoms with Crippen LogP contribution in [0.1, 0.15) is 93.6 Å². The lowest BCUT2D eigenvalue weighted by Gasteiger charge is -2.47. The topological polar surface area (TPSA) is 58.6 Å². The highest BCUT2D eigenvalue weighted by molar-refractivity contribution is 7.99. The van der Waals surface area contributed by atoms with Crippen LogP contribution in [0.3, 0.4) is 0 Å². The summed E-state index contributed by atoms with van der Waals surface area (Å²) in [4.78, 5) is 16.1. The zero-order valence-corrected chi connectivity index (χ0v) is 27.1. The van der Waals surface area contributed by atoms with Gasteiger partial charge in [0.15, 0.2) is 0 Å². The van der Waals surface area contributed by atoms with Gasteiger partial charge in [0, 0.05) is 34.3 Å². The highest BCUT2D eigenvalue weighted by Gasteiger charge is 2.44. The van der Waals surface area contributed by atoms with Gasteiger partial charge < -0.3 is 9.64 Å². The van der Waals surface area contributed by atoms with Crippen molar-refractivity contribution >= 4 is 38.8 Å². The Morgan fingerprint density at radius 1 is 1.12 bits per heavy atom. The van der Waals surface area contributed by atoms with Gasteiger partial charge >= 0.3 is 0 Å². The van der Waals surface area contributed by atoms with E-state index < -0.39 is 9.71 Å². The number of carbonyl (C=O) groups is 1. The average Bonchev–Trinajstić information content (AvgIpc) is 3.10. The monoisotopic (exact) mass is 610 g/mol. The molecule has 6 rings (SSSR count). The van der Waals surface area contributed by atoms with Crippen LogP contribution in [-0.2, 0) is 21.5 Å². The normalized spacial score (nSPS) is 35.2. The first-order valence-electron chi connectivity index (χ1n) is 16.1. The minimum absolute atomic E-state index is 0.142. The fourth-order valence-corrected chi connectivity index (χ4v) is 10.0. The summed E-state index contributed by atoms with van der Waals surface area (Å²) in [5.41, 5.74) is 4.03. The van der Waals surface area contributed by atoms with Gasteiger partial charge in [-0.15, -0.1) is 0 Å². The van der Waals surface area contributed by atoms with Crippen LogP contribution in [0.5, 0.6) is 5.75 Å². The van der Waals surface area contributed by atoms with E-state index in [1.165, 1.54) is 36.8 Å². The maximum Gasteiger partial charge on any atom is 0.262 e. The van der Waals surface area contributed by atoms with Crippen molar-refractivity contribution in [2.24, 2.45) is 23.7 Å². The minimum Gasteiger partial charge on any atom is -0.490 e. The molecule has 0 saturated heterocycles. The molecule has 7 atom stereocenters. The molecule has 0 radical (unpaired) electrons. The van der Waals surface area contributed by atoms with Crippen LogP contribution < -0.4 is 14.4 Å². The van der Waals surface area contributed by atoms with E-state index in [0.29, 0.717) is 24.0 Å². The summed E-state index contributed by atoms with van der Waals surface area (Å²) < 4.78 is 23.2. The minimum atomic E-state index is -2.82. The molecule has 1 spiro atoms. The maximum absolute atomic E-state index is 13.7. The van der Waals surface area contributed by atoms with Gasteiger partial charge in [0.05, 0.1) is 22.0 Å². The molecule has 1 amide bonds. The van der Waals surface area contributed by atoms with Crippen LogP contribution in [0.4, 0.5) is 5.69 Å². The molecule has 2 bridgehead atoms. The summed E-state index contributed by atoms with van der Waals surface area (Å²) >= 11 is 6.44. The fraction of sp³-hybridized carbons (Fsp3) is 0.600. The fourth-order valence-electron chi connectivity index (χ4n) is 8.32. The van der Waals surface area contributed by atoms with Crippen molar-refractivity contribution < 1.29 is 13.7 Å². The lowest BCUT2D eigenvalue weighted by molar-refractivity contribution is 0.0952. The molecule has 7 heteroatoms. The van der Waals surface area contributed by atoms with Gasteiger partial charge in [-0.3, -0.25) is 9.52 Å². The summed E-state index contributed by atoms with van der Waals surface area (Å²) in [6.07, 6.45) is 10.3. The van der Waals surface area contributed by atoms with Gasteiger partial charge in [0.25, 0.3) is 5.91 Å². The van der Waals surface area contributed by atoms with Gasteiger partial charge in [0.2, 0.25) is 0 Å². The molecule has 0 aromatic heterocycles. The quantitative estimate of drug-likeness (QED) is 0.341. The number of amides is 1. The van der Waals surface area contributed by atoms with Gasteiger partial charge in [-0.1, -0.05) is 50.8 Å². The van der Waals surface area contributed by atoms with Crippen molar-refractivity contribution in [3.05, 3.63) is 58.1 Å². The summed E-state index contributed by atoms with van der Waals surface area (Å²) in [5.74, 6) is 6.81. The highest BCUT2D eigenvalue weighted by Crippen LogP contribution is 2.48. The van der Waals surface area contributed by atoms with Crippen LogP contribution >= 0.6 is 11.6 Å². The Morgan fingerprint density at radius 2 is 1.95 bits per heavy atom. The van der Waals surface area contributed by atoms with Crippen molar-refractivity contribution in [3.8, 4) is 5.75 Å². The number of rotatable bonds is 1. The van der Waals surface area contributed by atoms with Crippen LogP contribution in [0.2, 0.25) is 5.02 Å². The molecule has 1 saturated carbocycles. The van der Waals surface area contributed by atoms with Crippen molar-refractivity contribution in [2.75, 3.05) is 24.6 Å². The predicted molar refractivity (Wildman–Crippen MR) is 175 cm³/mol.